The third-order valence-corrected chi connectivity index (χ3v) is 13.4. The molecule has 3 aromatic rings. The summed E-state index contributed by atoms with van der Waals surface area (Å²) < 4.78 is 31.0. The van der Waals surface area contributed by atoms with Crippen LogP contribution < -0.4 is 0 Å². The minimum absolute atomic E-state index is 0.0232. The number of allylic oxidation sites excluding steroid dienone is 20. The molecule has 0 amide bonds. The van der Waals surface area contributed by atoms with Crippen LogP contribution in [0.3, 0.4) is 0 Å². The minimum atomic E-state index is -0.222. The SMILES string of the molecule is CC=Cc1cc2c3c(c1CC)C=CCC=C3C1=C(c3cccc(F)c3)C3C=C4C(=CC3C(C3C=C(F)C=CC3)=C12)c1cccc2c1C4CC1=C2CCC=C1. The molecule has 0 aliphatic heterocycles. The first-order valence-corrected chi connectivity index (χ1v) is 20.0. The van der Waals surface area contributed by atoms with Crippen molar-refractivity contribution < 1.29 is 8.78 Å². The third-order valence-electron chi connectivity index (χ3n) is 13.4. The van der Waals surface area contributed by atoms with Crippen LogP contribution in [0.2, 0.25) is 0 Å². The highest BCUT2D eigenvalue weighted by Crippen LogP contribution is 2.65. The predicted octanol–water partition coefficient (Wildman–Crippen LogP) is 13.7. The van der Waals surface area contributed by atoms with Gasteiger partial charge >= 0.3 is 0 Å². The molecule has 11 rings (SSSR count). The molecule has 3 aromatic carbocycles. The van der Waals surface area contributed by atoms with E-state index in [1.165, 1.54) is 94.7 Å². The van der Waals surface area contributed by atoms with Crippen LogP contribution in [0.5, 0.6) is 0 Å². The number of rotatable bonds is 4. The van der Waals surface area contributed by atoms with Gasteiger partial charge in [0, 0.05) is 23.7 Å². The van der Waals surface area contributed by atoms with Gasteiger partial charge in [-0.15, -0.1) is 0 Å². The molecule has 54 heavy (non-hydrogen) atoms. The Morgan fingerprint density at radius 1 is 0.833 bits per heavy atom. The van der Waals surface area contributed by atoms with E-state index in [2.05, 4.69) is 98.9 Å². The molecule has 0 N–H and O–H groups in total. The van der Waals surface area contributed by atoms with Crippen LogP contribution in [0.1, 0.15) is 102 Å². The van der Waals surface area contributed by atoms with Crippen LogP contribution in [0.15, 0.2) is 137 Å². The van der Waals surface area contributed by atoms with E-state index >= 15 is 8.78 Å². The molecule has 0 saturated carbocycles. The molecular formula is C52H42F2. The van der Waals surface area contributed by atoms with Crippen LogP contribution in [0.25, 0.3) is 40.0 Å². The van der Waals surface area contributed by atoms with E-state index < -0.39 is 0 Å². The van der Waals surface area contributed by atoms with Gasteiger partial charge in [0.2, 0.25) is 0 Å². The maximum absolute atomic E-state index is 15.5. The number of hydrogen-bond acceptors (Lipinski definition) is 0. The van der Waals surface area contributed by atoms with Gasteiger partial charge in [-0.05, 0) is 176 Å². The Bertz CT molecular complexity index is 2590. The smallest absolute Gasteiger partial charge is 0.123 e. The van der Waals surface area contributed by atoms with E-state index in [4.69, 9.17) is 0 Å². The molecule has 0 heterocycles. The Hall–Kier alpha value is -5.34. The summed E-state index contributed by atoms with van der Waals surface area (Å²) in [4.78, 5) is 0. The van der Waals surface area contributed by atoms with Crippen molar-refractivity contribution >= 4 is 40.0 Å². The second kappa shape index (κ2) is 12.1. The van der Waals surface area contributed by atoms with Crippen LogP contribution in [0.4, 0.5) is 8.78 Å². The first kappa shape index (κ1) is 32.1. The van der Waals surface area contributed by atoms with Gasteiger partial charge in [-0.3, -0.25) is 0 Å². The second-order valence-corrected chi connectivity index (χ2v) is 16.0. The lowest BCUT2D eigenvalue weighted by Crippen LogP contribution is -2.28. The summed E-state index contributed by atoms with van der Waals surface area (Å²) in [5, 5.41) is 0. The van der Waals surface area contributed by atoms with Gasteiger partial charge in [0.1, 0.15) is 11.6 Å². The van der Waals surface area contributed by atoms with Crippen molar-refractivity contribution in [3.8, 4) is 0 Å². The fourth-order valence-corrected chi connectivity index (χ4v) is 11.4. The Balaban J connectivity index is 1.25. The Morgan fingerprint density at radius 2 is 1.72 bits per heavy atom. The highest BCUT2D eigenvalue weighted by molar-refractivity contribution is 6.18. The van der Waals surface area contributed by atoms with Crippen molar-refractivity contribution in [3.05, 3.63) is 193 Å². The molecule has 8 aliphatic carbocycles. The topological polar surface area (TPSA) is 0 Å². The van der Waals surface area contributed by atoms with E-state index in [9.17, 15) is 0 Å². The summed E-state index contributed by atoms with van der Waals surface area (Å²) in [5.41, 5.74) is 23.5. The molecule has 264 valence electrons. The molecule has 2 heteroatoms. The standard InChI is InChI=1S/C52H42F2/c1-3-12-29-26-46-50-37(35(29)4-2)19-7-8-20-40(50)51-47(31-14-9-16-33(53)23-31)45-28-42-41(27-44(45)48(52(46)51)32-15-10-17-34(54)24-32)39-22-11-21-38-36-18-6-5-13-30(36)25-43(42)49(38)39/h3,5,7,9-14,16-17,19-24,26-28,32,43-45H,4,6,8,15,18,25H2,1-2H3. The maximum Gasteiger partial charge on any atom is 0.123 e. The molecule has 0 bridgehead atoms. The fraction of sp³-hybridized carbons (Fsp3) is 0.231. The Morgan fingerprint density at radius 3 is 2.57 bits per heavy atom. The number of hydrogen-bond donors (Lipinski definition) is 0. The molecular weight excluding hydrogens is 663 g/mol. The average Bonchev–Trinajstić information content (AvgIpc) is 3.55. The van der Waals surface area contributed by atoms with Crippen molar-refractivity contribution in [1.29, 1.82) is 0 Å². The Labute approximate surface area is 317 Å². The van der Waals surface area contributed by atoms with E-state index in [1.54, 1.807) is 18.2 Å². The largest absolute Gasteiger partial charge is 0.207 e. The lowest BCUT2D eigenvalue weighted by atomic mass is 9.62. The molecule has 0 saturated heterocycles. The molecule has 4 atom stereocenters. The van der Waals surface area contributed by atoms with Crippen LogP contribution >= 0.6 is 0 Å². The van der Waals surface area contributed by atoms with E-state index in [-0.39, 0.29) is 35.3 Å². The normalized spacial score (nSPS) is 25.4. The number of benzene rings is 3. The fourth-order valence-electron chi connectivity index (χ4n) is 11.4. The zero-order valence-electron chi connectivity index (χ0n) is 30.9. The summed E-state index contributed by atoms with van der Waals surface area (Å²) in [5.74, 6) is -0.260. The van der Waals surface area contributed by atoms with Gasteiger partial charge in [0.15, 0.2) is 0 Å². The first-order chi connectivity index (χ1) is 26.5. The van der Waals surface area contributed by atoms with Crippen molar-refractivity contribution in [1.82, 2.24) is 0 Å². The molecule has 0 nitrogen and oxygen atoms in total. The van der Waals surface area contributed by atoms with Crippen molar-refractivity contribution in [2.45, 2.75) is 58.3 Å². The molecule has 0 aromatic heterocycles. The van der Waals surface area contributed by atoms with Crippen LogP contribution in [0, 0.1) is 23.6 Å². The first-order valence-electron chi connectivity index (χ1n) is 20.0. The Kier molecular flexibility index (Phi) is 7.19. The maximum atomic E-state index is 15.5. The van der Waals surface area contributed by atoms with Crippen molar-refractivity contribution in [2.24, 2.45) is 17.8 Å². The summed E-state index contributed by atoms with van der Waals surface area (Å²) >= 11 is 0. The monoisotopic (exact) mass is 704 g/mol. The van der Waals surface area contributed by atoms with Crippen molar-refractivity contribution in [3.63, 3.8) is 0 Å². The van der Waals surface area contributed by atoms with Gasteiger partial charge in [-0.2, -0.15) is 0 Å². The quantitative estimate of drug-likeness (QED) is 0.254. The lowest BCUT2D eigenvalue weighted by molar-refractivity contribution is 0.548. The summed E-state index contributed by atoms with van der Waals surface area (Å²) in [6.07, 6.45) is 32.5. The highest BCUT2D eigenvalue weighted by Gasteiger charge is 2.48. The zero-order chi connectivity index (χ0) is 36.2. The van der Waals surface area contributed by atoms with Crippen molar-refractivity contribution in [2.75, 3.05) is 0 Å². The van der Waals surface area contributed by atoms with E-state index in [1.807, 2.05) is 18.2 Å². The highest BCUT2D eigenvalue weighted by atomic mass is 19.1. The van der Waals surface area contributed by atoms with Crippen LogP contribution in [-0.2, 0) is 6.42 Å². The molecule has 0 fully saturated rings. The van der Waals surface area contributed by atoms with Crippen LogP contribution in [-0.4, -0.2) is 0 Å². The van der Waals surface area contributed by atoms with E-state index in [0.717, 1.165) is 44.1 Å². The number of halogens is 2. The zero-order valence-corrected chi connectivity index (χ0v) is 30.9. The van der Waals surface area contributed by atoms with Gasteiger partial charge in [-0.1, -0.05) is 98.0 Å². The molecule has 4 unspecified atom stereocenters. The van der Waals surface area contributed by atoms with Gasteiger partial charge in [-0.25, -0.2) is 8.78 Å². The van der Waals surface area contributed by atoms with Gasteiger partial charge in [0.05, 0.1) is 0 Å². The lowest BCUT2D eigenvalue weighted by Gasteiger charge is -2.41. The number of fused-ring (bicyclic) bond motifs is 8. The van der Waals surface area contributed by atoms with Gasteiger partial charge < -0.3 is 0 Å². The summed E-state index contributed by atoms with van der Waals surface area (Å²) in [7, 11) is 0. The predicted molar refractivity (Wildman–Crippen MR) is 221 cm³/mol. The third kappa shape index (κ3) is 4.46. The minimum Gasteiger partial charge on any atom is -0.207 e. The summed E-state index contributed by atoms with van der Waals surface area (Å²) in [6.45, 7) is 4.34. The summed E-state index contributed by atoms with van der Waals surface area (Å²) in [6, 6.07) is 16.6. The molecule has 0 spiro atoms. The second-order valence-electron chi connectivity index (χ2n) is 16.0. The van der Waals surface area contributed by atoms with E-state index in [0.29, 0.717) is 0 Å². The molecule has 0 radical (unpaired) electrons. The average molecular weight is 705 g/mol. The van der Waals surface area contributed by atoms with Gasteiger partial charge in [0.25, 0.3) is 0 Å². The molecule has 8 aliphatic rings.